The lowest BCUT2D eigenvalue weighted by Gasteiger charge is -2.21. The topological polar surface area (TPSA) is 50.2 Å². The Bertz CT molecular complexity index is 520. The molecule has 0 aromatic carbocycles. The van der Waals surface area contributed by atoms with Gasteiger partial charge < -0.3 is 14.8 Å². The fourth-order valence-electron chi connectivity index (χ4n) is 3.31. The maximum Gasteiger partial charge on any atom is 0.245 e. The minimum atomic E-state index is -0.0249. The molecular formula is C15H24N4O. The molecule has 1 aromatic heterocycles. The van der Waals surface area contributed by atoms with Crippen molar-refractivity contribution in [1.82, 2.24) is 19.8 Å². The smallest absolute Gasteiger partial charge is 0.245 e. The molecule has 20 heavy (non-hydrogen) atoms. The van der Waals surface area contributed by atoms with Gasteiger partial charge in [0.05, 0.1) is 5.69 Å². The second kappa shape index (κ2) is 5.20. The van der Waals surface area contributed by atoms with Crippen LogP contribution in [0.15, 0.2) is 0 Å². The second-order valence-electron chi connectivity index (χ2n) is 6.38. The zero-order chi connectivity index (χ0) is 14.3. The average Bonchev–Trinajstić information content (AvgIpc) is 2.90. The predicted octanol–water partition coefficient (Wildman–Crippen LogP) is 1.13. The molecule has 5 heteroatoms. The minimum Gasteiger partial charge on any atom is -0.344 e. The summed E-state index contributed by atoms with van der Waals surface area (Å²) in [5.74, 6) is 1.90. The molecule has 0 spiro atoms. The van der Waals surface area contributed by atoms with E-state index < -0.39 is 0 Å². The number of aromatic nitrogens is 2. The first kappa shape index (κ1) is 13.6. The van der Waals surface area contributed by atoms with Crippen LogP contribution in [0.3, 0.4) is 0 Å². The van der Waals surface area contributed by atoms with Crippen molar-refractivity contribution < 1.29 is 4.79 Å². The highest BCUT2D eigenvalue weighted by Crippen LogP contribution is 2.29. The van der Waals surface area contributed by atoms with Crippen LogP contribution in [0.1, 0.15) is 43.5 Å². The number of fused-ring (bicyclic) bond motifs is 1. The lowest BCUT2D eigenvalue weighted by molar-refractivity contribution is -0.129. The summed E-state index contributed by atoms with van der Waals surface area (Å²) in [6.45, 7) is 7.09. The van der Waals surface area contributed by atoms with Gasteiger partial charge in [-0.25, -0.2) is 4.98 Å². The summed E-state index contributed by atoms with van der Waals surface area (Å²) in [5.41, 5.74) is 2.43. The van der Waals surface area contributed by atoms with E-state index in [0.717, 1.165) is 50.4 Å². The summed E-state index contributed by atoms with van der Waals surface area (Å²) in [4.78, 5) is 19.1. The van der Waals surface area contributed by atoms with Gasteiger partial charge in [0.15, 0.2) is 0 Å². The first-order valence-corrected chi connectivity index (χ1v) is 7.62. The van der Waals surface area contributed by atoms with Crippen molar-refractivity contribution in [3.63, 3.8) is 0 Å². The molecule has 1 atom stereocenters. The van der Waals surface area contributed by atoms with E-state index in [1.807, 2.05) is 11.9 Å². The van der Waals surface area contributed by atoms with Crippen molar-refractivity contribution in [2.24, 2.45) is 5.92 Å². The number of carbonyl (C=O) groups excluding carboxylic acids is 1. The van der Waals surface area contributed by atoms with Gasteiger partial charge in [-0.1, -0.05) is 13.8 Å². The van der Waals surface area contributed by atoms with Crippen molar-refractivity contribution in [3.05, 3.63) is 17.2 Å². The van der Waals surface area contributed by atoms with Gasteiger partial charge in [-0.3, -0.25) is 4.79 Å². The number of hydrogen-bond acceptors (Lipinski definition) is 3. The zero-order valence-corrected chi connectivity index (χ0v) is 12.6. The quantitative estimate of drug-likeness (QED) is 0.900. The number of likely N-dealkylation sites (tertiary alicyclic amines) is 1. The van der Waals surface area contributed by atoms with E-state index >= 15 is 0 Å². The fourth-order valence-corrected chi connectivity index (χ4v) is 3.31. The third-order valence-corrected chi connectivity index (χ3v) is 4.30. The molecular weight excluding hydrogens is 252 g/mol. The van der Waals surface area contributed by atoms with Crippen molar-refractivity contribution in [1.29, 1.82) is 0 Å². The normalized spacial score (nSPS) is 22.7. The molecule has 3 rings (SSSR count). The van der Waals surface area contributed by atoms with Crippen LogP contribution in [-0.2, 0) is 24.2 Å². The summed E-state index contributed by atoms with van der Waals surface area (Å²) in [5, 5.41) is 3.37. The number of likely N-dealkylation sites (N-methyl/N-ethyl adjacent to an activating group) is 1. The van der Waals surface area contributed by atoms with Crippen molar-refractivity contribution in [3.8, 4) is 0 Å². The highest BCUT2D eigenvalue weighted by molar-refractivity contribution is 5.82. The van der Waals surface area contributed by atoms with E-state index in [1.165, 1.54) is 5.69 Å². The third-order valence-electron chi connectivity index (χ3n) is 4.30. The summed E-state index contributed by atoms with van der Waals surface area (Å²) >= 11 is 0. The molecule has 1 saturated heterocycles. The van der Waals surface area contributed by atoms with Gasteiger partial charge in [-0.15, -0.1) is 0 Å². The van der Waals surface area contributed by atoms with E-state index in [4.69, 9.17) is 4.98 Å². The molecule has 110 valence electrons. The number of imidazole rings is 1. The van der Waals surface area contributed by atoms with Crippen LogP contribution in [0, 0.1) is 5.92 Å². The number of amides is 1. The molecule has 1 aromatic rings. The highest BCUT2D eigenvalue weighted by atomic mass is 16.2. The van der Waals surface area contributed by atoms with Gasteiger partial charge in [0.25, 0.3) is 0 Å². The zero-order valence-electron chi connectivity index (χ0n) is 12.6. The Hall–Kier alpha value is -1.36. The molecule has 0 bridgehead atoms. The molecule has 1 N–H and O–H groups in total. The maximum atomic E-state index is 12.4. The standard InChI is InChI=1S/C15H24N4O/c1-10(2)8-14-17-11-9-16-6-4-12(11)19(14)13-5-7-18(3)15(13)20/h10,13,16H,4-9H2,1-3H3. The Kier molecular flexibility index (Phi) is 3.54. The second-order valence-corrected chi connectivity index (χ2v) is 6.38. The van der Waals surface area contributed by atoms with Crippen LogP contribution in [0.2, 0.25) is 0 Å². The van der Waals surface area contributed by atoms with Gasteiger partial charge in [0.1, 0.15) is 11.9 Å². The lowest BCUT2D eigenvalue weighted by atomic mass is 10.1. The number of rotatable bonds is 3. The molecule has 2 aliphatic rings. The predicted molar refractivity (Wildman–Crippen MR) is 77.5 cm³/mol. The molecule has 0 radical (unpaired) electrons. The van der Waals surface area contributed by atoms with Crippen molar-refractivity contribution >= 4 is 5.91 Å². The highest BCUT2D eigenvalue weighted by Gasteiger charge is 2.35. The number of nitrogens with one attached hydrogen (secondary N) is 1. The molecule has 0 saturated carbocycles. The minimum absolute atomic E-state index is 0.0249. The molecule has 0 aliphatic carbocycles. The summed E-state index contributed by atoms with van der Waals surface area (Å²) in [7, 11) is 1.90. The summed E-state index contributed by atoms with van der Waals surface area (Å²) < 4.78 is 2.27. The monoisotopic (exact) mass is 276 g/mol. The molecule has 1 unspecified atom stereocenters. The molecule has 1 fully saturated rings. The molecule has 1 amide bonds. The Labute approximate surface area is 120 Å². The number of carbonyl (C=O) groups is 1. The maximum absolute atomic E-state index is 12.4. The van der Waals surface area contributed by atoms with Gasteiger partial charge in [0, 0.05) is 45.2 Å². The third kappa shape index (κ3) is 2.24. The SMILES string of the molecule is CC(C)Cc1nc2c(n1C1CCN(C)C1=O)CCNC2. The Morgan fingerprint density at radius 2 is 2.25 bits per heavy atom. The van der Waals surface area contributed by atoms with E-state index in [1.54, 1.807) is 0 Å². The van der Waals surface area contributed by atoms with Gasteiger partial charge in [0.2, 0.25) is 5.91 Å². The van der Waals surface area contributed by atoms with Crippen molar-refractivity contribution in [2.75, 3.05) is 20.1 Å². The summed E-state index contributed by atoms with van der Waals surface area (Å²) in [6, 6.07) is -0.0249. The average molecular weight is 276 g/mol. The molecule has 5 nitrogen and oxygen atoms in total. The van der Waals surface area contributed by atoms with E-state index in [0.29, 0.717) is 5.92 Å². The van der Waals surface area contributed by atoms with Crippen molar-refractivity contribution in [2.45, 2.75) is 45.7 Å². The first-order valence-electron chi connectivity index (χ1n) is 7.62. The van der Waals surface area contributed by atoms with Crippen LogP contribution < -0.4 is 5.32 Å². The molecule has 3 heterocycles. The Balaban J connectivity index is 2.02. The summed E-state index contributed by atoms with van der Waals surface area (Å²) in [6.07, 6.45) is 2.84. The van der Waals surface area contributed by atoms with Crippen LogP contribution in [0.5, 0.6) is 0 Å². The fraction of sp³-hybridized carbons (Fsp3) is 0.733. The number of nitrogens with zero attached hydrogens (tertiary/aromatic N) is 3. The van der Waals surface area contributed by atoms with Gasteiger partial charge in [-0.2, -0.15) is 0 Å². The van der Waals surface area contributed by atoms with Crippen LogP contribution in [-0.4, -0.2) is 40.5 Å². The van der Waals surface area contributed by atoms with Gasteiger partial charge in [-0.05, 0) is 12.3 Å². The van der Waals surface area contributed by atoms with Crippen LogP contribution >= 0.6 is 0 Å². The van der Waals surface area contributed by atoms with Crippen LogP contribution in [0.25, 0.3) is 0 Å². The van der Waals surface area contributed by atoms with Crippen LogP contribution in [0.4, 0.5) is 0 Å². The Morgan fingerprint density at radius 3 is 2.90 bits per heavy atom. The van der Waals surface area contributed by atoms with E-state index in [-0.39, 0.29) is 11.9 Å². The molecule has 2 aliphatic heterocycles. The van der Waals surface area contributed by atoms with E-state index in [9.17, 15) is 4.79 Å². The number of hydrogen-bond donors (Lipinski definition) is 1. The van der Waals surface area contributed by atoms with E-state index in [2.05, 4.69) is 23.7 Å². The first-order chi connectivity index (χ1) is 9.58. The van der Waals surface area contributed by atoms with Gasteiger partial charge >= 0.3 is 0 Å². The lowest BCUT2D eigenvalue weighted by Crippen LogP contribution is -2.29. The Morgan fingerprint density at radius 1 is 1.45 bits per heavy atom. The largest absolute Gasteiger partial charge is 0.344 e.